The van der Waals surface area contributed by atoms with Gasteiger partial charge < -0.3 is 0 Å². The lowest BCUT2D eigenvalue weighted by atomic mass is 10.1. The van der Waals surface area contributed by atoms with Gasteiger partial charge >= 0.3 is 0 Å². The molecule has 0 amide bonds. The first kappa shape index (κ1) is 10.5. The Labute approximate surface area is 90.8 Å². The zero-order chi connectivity index (χ0) is 9.84. The van der Waals surface area contributed by atoms with Crippen LogP contribution in [-0.2, 0) is 0 Å². The van der Waals surface area contributed by atoms with Gasteiger partial charge in [-0.05, 0) is 34.0 Å². The largest absolute Gasteiger partial charge is 0.192 e. The molecular formula is C10H10BrNS. The summed E-state index contributed by atoms with van der Waals surface area (Å²) in [4.78, 5) is 1.03. The van der Waals surface area contributed by atoms with E-state index in [1.165, 1.54) is 0 Å². The van der Waals surface area contributed by atoms with Gasteiger partial charge in [-0.2, -0.15) is 5.26 Å². The van der Waals surface area contributed by atoms with Gasteiger partial charge in [0.25, 0.3) is 0 Å². The van der Waals surface area contributed by atoms with Gasteiger partial charge in [-0.3, -0.25) is 0 Å². The molecule has 1 heterocycles. The van der Waals surface area contributed by atoms with Gasteiger partial charge in [-0.15, -0.1) is 11.3 Å². The van der Waals surface area contributed by atoms with Gasteiger partial charge in [-0.25, -0.2) is 0 Å². The number of nitriles is 1. The van der Waals surface area contributed by atoms with Gasteiger partial charge in [0, 0.05) is 4.88 Å². The Hall–Kier alpha value is -0.590. The van der Waals surface area contributed by atoms with E-state index in [2.05, 4.69) is 35.8 Å². The van der Waals surface area contributed by atoms with E-state index >= 15 is 0 Å². The topological polar surface area (TPSA) is 23.8 Å². The molecule has 0 unspecified atom stereocenters. The number of hydrogen-bond acceptors (Lipinski definition) is 2. The second-order valence-corrected chi connectivity index (χ2v) is 5.50. The number of nitrogens with zero attached hydrogens (tertiary/aromatic N) is 1. The van der Waals surface area contributed by atoms with Crippen molar-refractivity contribution in [1.29, 1.82) is 5.26 Å². The fraction of sp³-hybridized carbons (Fsp3) is 0.300. The van der Waals surface area contributed by atoms with Crippen molar-refractivity contribution in [3.8, 4) is 6.07 Å². The molecule has 0 atom stereocenters. The van der Waals surface area contributed by atoms with Gasteiger partial charge in [0.1, 0.15) is 6.07 Å². The van der Waals surface area contributed by atoms with E-state index in [-0.39, 0.29) is 0 Å². The van der Waals surface area contributed by atoms with Crippen LogP contribution in [0.1, 0.15) is 18.7 Å². The molecule has 0 saturated heterocycles. The maximum Gasteiger partial charge on any atom is 0.100 e. The molecule has 0 aliphatic carbocycles. The number of thiophene rings is 1. The highest BCUT2D eigenvalue weighted by Crippen LogP contribution is 2.28. The minimum Gasteiger partial charge on any atom is -0.192 e. The molecule has 0 aromatic carbocycles. The van der Waals surface area contributed by atoms with Crippen LogP contribution in [0.2, 0.25) is 0 Å². The van der Waals surface area contributed by atoms with Gasteiger partial charge in [-0.1, -0.05) is 19.9 Å². The lowest BCUT2D eigenvalue weighted by Crippen LogP contribution is -1.82. The summed E-state index contributed by atoms with van der Waals surface area (Å²) >= 11 is 4.97. The highest BCUT2D eigenvalue weighted by molar-refractivity contribution is 9.11. The van der Waals surface area contributed by atoms with E-state index in [4.69, 9.17) is 5.26 Å². The molecule has 0 aliphatic heterocycles. The highest BCUT2D eigenvalue weighted by Gasteiger charge is 2.04. The van der Waals surface area contributed by atoms with Crippen LogP contribution >= 0.6 is 27.3 Å². The monoisotopic (exact) mass is 255 g/mol. The Balaban J connectivity index is 2.99. The third-order valence-electron chi connectivity index (χ3n) is 1.46. The fourth-order valence-electron chi connectivity index (χ4n) is 0.967. The normalized spacial score (nSPS) is 11.8. The first-order valence-corrected chi connectivity index (χ1v) is 5.62. The standard InChI is InChI=1S/C10H10BrNS/c1-7(2)5-8(6-12)9-3-4-10(11)13-9/h3-5,7H,1-2H3/b8-5+. The molecule has 0 saturated carbocycles. The molecule has 0 bridgehead atoms. The van der Waals surface area contributed by atoms with Crippen molar-refractivity contribution in [2.45, 2.75) is 13.8 Å². The van der Waals surface area contributed by atoms with Gasteiger partial charge in [0.15, 0.2) is 0 Å². The van der Waals surface area contributed by atoms with Crippen molar-refractivity contribution in [1.82, 2.24) is 0 Å². The van der Waals surface area contributed by atoms with E-state index in [0.29, 0.717) is 5.92 Å². The second-order valence-electron chi connectivity index (χ2n) is 3.04. The highest BCUT2D eigenvalue weighted by atomic mass is 79.9. The summed E-state index contributed by atoms with van der Waals surface area (Å²) in [6, 6.07) is 6.14. The SMILES string of the molecule is CC(C)/C=C(\C#N)c1ccc(Br)s1. The van der Waals surface area contributed by atoms with Crippen molar-refractivity contribution in [3.63, 3.8) is 0 Å². The van der Waals surface area contributed by atoms with E-state index in [9.17, 15) is 0 Å². The molecule has 0 radical (unpaired) electrons. The fourth-order valence-corrected chi connectivity index (χ4v) is 2.33. The van der Waals surface area contributed by atoms with Gasteiger partial charge in [0.05, 0.1) is 9.36 Å². The lowest BCUT2D eigenvalue weighted by molar-refractivity contribution is 0.834. The predicted molar refractivity (Wildman–Crippen MR) is 60.4 cm³/mol. The summed E-state index contributed by atoms with van der Waals surface area (Å²) in [7, 11) is 0. The molecule has 3 heteroatoms. The van der Waals surface area contributed by atoms with E-state index in [0.717, 1.165) is 14.2 Å². The summed E-state index contributed by atoms with van der Waals surface area (Å²) in [5, 5.41) is 8.91. The molecule has 1 rings (SSSR count). The average Bonchev–Trinajstić information content (AvgIpc) is 2.47. The minimum atomic E-state index is 0.413. The van der Waals surface area contributed by atoms with Crippen molar-refractivity contribution < 1.29 is 0 Å². The molecular weight excluding hydrogens is 246 g/mol. The van der Waals surface area contributed by atoms with Crippen molar-refractivity contribution in [2.24, 2.45) is 5.92 Å². The van der Waals surface area contributed by atoms with Crippen LogP contribution < -0.4 is 0 Å². The quantitative estimate of drug-likeness (QED) is 0.731. The number of hydrogen-bond donors (Lipinski definition) is 0. The number of allylic oxidation sites excluding steroid dienone is 2. The zero-order valence-electron chi connectivity index (χ0n) is 7.54. The number of halogens is 1. The molecule has 0 spiro atoms. The summed E-state index contributed by atoms with van der Waals surface area (Å²) in [5.74, 6) is 0.413. The van der Waals surface area contributed by atoms with Crippen molar-refractivity contribution >= 4 is 32.8 Å². The molecule has 0 fully saturated rings. The van der Waals surface area contributed by atoms with E-state index in [1.54, 1.807) is 11.3 Å². The third-order valence-corrected chi connectivity index (χ3v) is 3.12. The molecule has 1 aromatic heterocycles. The molecule has 0 aliphatic rings. The third kappa shape index (κ3) is 2.98. The molecule has 68 valence electrons. The van der Waals surface area contributed by atoms with E-state index < -0.39 is 0 Å². The van der Waals surface area contributed by atoms with Gasteiger partial charge in [0.2, 0.25) is 0 Å². The zero-order valence-corrected chi connectivity index (χ0v) is 9.95. The first-order valence-electron chi connectivity index (χ1n) is 4.01. The van der Waals surface area contributed by atoms with Crippen LogP contribution in [0.5, 0.6) is 0 Å². The molecule has 0 N–H and O–H groups in total. The molecule has 1 nitrogen and oxygen atoms in total. The Bertz CT molecular complexity index is 357. The summed E-state index contributed by atoms with van der Waals surface area (Å²) in [5.41, 5.74) is 0.769. The summed E-state index contributed by atoms with van der Waals surface area (Å²) in [6.45, 7) is 4.14. The Kier molecular flexibility index (Phi) is 3.71. The second kappa shape index (κ2) is 4.59. The van der Waals surface area contributed by atoms with Crippen LogP contribution in [0.4, 0.5) is 0 Å². The summed E-state index contributed by atoms with van der Waals surface area (Å²) < 4.78 is 1.06. The van der Waals surface area contributed by atoms with Crippen molar-refractivity contribution in [3.05, 3.63) is 26.9 Å². The summed E-state index contributed by atoms with van der Waals surface area (Å²) in [6.07, 6.45) is 1.98. The van der Waals surface area contributed by atoms with Crippen LogP contribution in [0.15, 0.2) is 22.0 Å². The van der Waals surface area contributed by atoms with Crippen LogP contribution in [0.25, 0.3) is 5.57 Å². The maximum atomic E-state index is 8.91. The average molecular weight is 256 g/mol. The van der Waals surface area contributed by atoms with Crippen LogP contribution in [0, 0.1) is 17.2 Å². The van der Waals surface area contributed by atoms with E-state index in [1.807, 2.05) is 18.2 Å². The Morgan fingerprint density at radius 1 is 1.62 bits per heavy atom. The van der Waals surface area contributed by atoms with Crippen molar-refractivity contribution in [2.75, 3.05) is 0 Å². The van der Waals surface area contributed by atoms with Crippen LogP contribution in [0.3, 0.4) is 0 Å². The lowest BCUT2D eigenvalue weighted by Gasteiger charge is -1.96. The Morgan fingerprint density at radius 3 is 2.69 bits per heavy atom. The molecule has 13 heavy (non-hydrogen) atoms. The minimum absolute atomic E-state index is 0.413. The maximum absolute atomic E-state index is 8.91. The number of rotatable bonds is 2. The predicted octanol–water partition coefficient (Wildman–Crippen LogP) is 4.07. The molecule has 1 aromatic rings. The van der Waals surface area contributed by atoms with Crippen LogP contribution in [-0.4, -0.2) is 0 Å². The Morgan fingerprint density at radius 2 is 2.31 bits per heavy atom. The first-order chi connectivity index (χ1) is 6.13. The smallest absolute Gasteiger partial charge is 0.100 e.